The fraction of sp³-hybridized carbons (Fsp3) is 0.364. The molecule has 98 valence electrons. The van der Waals surface area contributed by atoms with Gasteiger partial charge in [-0.1, -0.05) is 0 Å². The maximum Gasteiger partial charge on any atom is 0.416 e. The van der Waals surface area contributed by atoms with E-state index in [1.165, 1.54) is 6.07 Å². The number of hydrogen-bond acceptors (Lipinski definition) is 3. The van der Waals surface area contributed by atoms with Crippen LogP contribution in [0.4, 0.5) is 13.2 Å². The standard InChI is InChI=1S/C11H12F3N3O/c1-5(15)10(18)9-7-4-6(11(12,13)14)2-3-8(7)16-17-9/h2-5,10,18H,15H2,1H3,(H,16,17). The zero-order chi connectivity index (χ0) is 13.5. The van der Waals surface area contributed by atoms with Crippen molar-refractivity contribution < 1.29 is 18.3 Å². The molecule has 0 aliphatic rings. The summed E-state index contributed by atoms with van der Waals surface area (Å²) in [7, 11) is 0. The van der Waals surface area contributed by atoms with Crippen molar-refractivity contribution in [1.82, 2.24) is 10.2 Å². The van der Waals surface area contributed by atoms with Crippen LogP contribution >= 0.6 is 0 Å². The number of aliphatic hydroxyl groups excluding tert-OH is 1. The van der Waals surface area contributed by atoms with Crippen LogP contribution < -0.4 is 5.73 Å². The molecule has 1 heterocycles. The van der Waals surface area contributed by atoms with Crippen molar-refractivity contribution in [2.45, 2.75) is 25.2 Å². The number of nitrogens with two attached hydrogens (primary N) is 1. The SMILES string of the molecule is CC(N)C(O)c1[nH]nc2ccc(C(F)(F)F)cc12. The molecule has 0 saturated heterocycles. The number of benzene rings is 1. The Morgan fingerprint density at radius 1 is 1.39 bits per heavy atom. The molecule has 0 spiro atoms. The molecule has 2 aromatic rings. The third-order valence-electron chi connectivity index (χ3n) is 2.70. The molecule has 0 amide bonds. The molecule has 2 atom stereocenters. The van der Waals surface area contributed by atoms with Crippen LogP contribution in [-0.2, 0) is 6.18 Å². The average molecular weight is 259 g/mol. The van der Waals surface area contributed by atoms with Gasteiger partial charge in [0, 0.05) is 11.4 Å². The Labute approximate surface area is 101 Å². The molecule has 4 nitrogen and oxygen atoms in total. The Balaban J connectivity index is 2.57. The highest BCUT2D eigenvalue weighted by molar-refractivity contribution is 5.82. The summed E-state index contributed by atoms with van der Waals surface area (Å²) in [5.74, 6) is 0. The van der Waals surface area contributed by atoms with Gasteiger partial charge in [0.25, 0.3) is 0 Å². The third kappa shape index (κ3) is 2.19. The van der Waals surface area contributed by atoms with Crippen molar-refractivity contribution in [2.75, 3.05) is 0 Å². The molecule has 2 unspecified atom stereocenters. The predicted octanol–water partition coefficient (Wildman–Crippen LogP) is 1.96. The maximum atomic E-state index is 12.6. The molecule has 0 aliphatic carbocycles. The number of nitrogens with zero attached hydrogens (tertiary/aromatic N) is 1. The van der Waals surface area contributed by atoms with E-state index in [1.807, 2.05) is 0 Å². The van der Waals surface area contributed by atoms with Crippen molar-refractivity contribution in [1.29, 1.82) is 0 Å². The van der Waals surface area contributed by atoms with E-state index in [2.05, 4.69) is 10.2 Å². The predicted molar refractivity (Wildman–Crippen MR) is 59.7 cm³/mol. The second-order valence-electron chi connectivity index (χ2n) is 4.17. The lowest BCUT2D eigenvalue weighted by Crippen LogP contribution is -2.24. The molecule has 0 radical (unpaired) electrons. The van der Waals surface area contributed by atoms with Crippen LogP contribution in [0.2, 0.25) is 0 Å². The second-order valence-corrected chi connectivity index (χ2v) is 4.17. The van der Waals surface area contributed by atoms with Gasteiger partial charge in [0.1, 0.15) is 6.10 Å². The van der Waals surface area contributed by atoms with Gasteiger partial charge in [-0.05, 0) is 25.1 Å². The number of nitrogens with one attached hydrogen (secondary N) is 1. The van der Waals surface area contributed by atoms with Gasteiger partial charge in [-0.3, -0.25) is 5.10 Å². The van der Waals surface area contributed by atoms with Gasteiger partial charge in [-0.15, -0.1) is 0 Å². The van der Waals surface area contributed by atoms with E-state index < -0.39 is 23.9 Å². The Bertz CT molecular complexity index is 562. The summed E-state index contributed by atoms with van der Waals surface area (Å²) in [6.07, 6.45) is -5.51. The Morgan fingerprint density at radius 3 is 2.61 bits per heavy atom. The van der Waals surface area contributed by atoms with Crippen LogP contribution in [0.5, 0.6) is 0 Å². The molecule has 0 saturated carbocycles. The highest BCUT2D eigenvalue weighted by Gasteiger charge is 2.31. The summed E-state index contributed by atoms with van der Waals surface area (Å²) in [6.45, 7) is 1.56. The maximum absolute atomic E-state index is 12.6. The largest absolute Gasteiger partial charge is 0.416 e. The van der Waals surface area contributed by atoms with E-state index >= 15 is 0 Å². The third-order valence-corrected chi connectivity index (χ3v) is 2.70. The van der Waals surface area contributed by atoms with Gasteiger partial charge in [0.15, 0.2) is 0 Å². The smallest absolute Gasteiger partial charge is 0.385 e. The van der Waals surface area contributed by atoms with Crippen molar-refractivity contribution in [3.05, 3.63) is 29.5 Å². The van der Waals surface area contributed by atoms with Crippen LogP contribution in [0.3, 0.4) is 0 Å². The van der Waals surface area contributed by atoms with Crippen molar-refractivity contribution in [3.8, 4) is 0 Å². The lowest BCUT2D eigenvalue weighted by atomic mass is 10.0. The summed E-state index contributed by atoms with van der Waals surface area (Å²) >= 11 is 0. The van der Waals surface area contributed by atoms with E-state index in [0.717, 1.165) is 12.1 Å². The van der Waals surface area contributed by atoms with Gasteiger partial charge in [0.05, 0.1) is 16.8 Å². The molecule has 1 aromatic carbocycles. The lowest BCUT2D eigenvalue weighted by molar-refractivity contribution is -0.137. The first kappa shape index (κ1) is 12.8. The van der Waals surface area contributed by atoms with E-state index in [-0.39, 0.29) is 11.1 Å². The van der Waals surface area contributed by atoms with Crippen LogP contribution in [0.15, 0.2) is 18.2 Å². The van der Waals surface area contributed by atoms with Gasteiger partial charge in [0.2, 0.25) is 0 Å². The number of halogens is 3. The molecular weight excluding hydrogens is 247 g/mol. The second kappa shape index (κ2) is 4.25. The van der Waals surface area contributed by atoms with E-state index in [1.54, 1.807) is 6.92 Å². The minimum atomic E-state index is -4.43. The molecule has 4 N–H and O–H groups in total. The van der Waals surface area contributed by atoms with Crippen molar-refractivity contribution >= 4 is 10.9 Å². The average Bonchev–Trinajstić information content (AvgIpc) is 2.69. The highest BCUT2D eigenvalue weighted by Crippen LogP contribution is 2.33. The molecule has 2 rings (SSSR count). The summed E-state index contributed by atoms with van der Waals surface area (Å²) in [5, 5.41) is 16.4. The first-order chi connectivity index (χ1) is 8.30. The molecule has 0 aliphatic heterocycles. The zero-order valence-corrected chi connectivity index (χ0v) is 9.49. The van der Waals surface area contributed by atoms with E-state index in [4.69, 9.17) is 5.73 Å². The van der Waals surface area contributed by atoms with E-state index in [9.17, 15) is 18.3 Å². The van der Waals surface area contributed by atoms with Gasteiger partial charge >= 0.3 is 6.18 Å². The molecule has 0 bridgehead atoms. The Kier molecular flexibility index (Phi) is 3.04. The van der Waals surface area contributed by atoms with Gasteiger partial charge in [-0.25, -0.2) is 0 Å². The minimum Gasteiger partial charge on any atom is -0.385 e. The number of aromatic amines is 1. The van der Waals surface area contributed by atoms with Crippen molar-refractivity contribution in [3.63, 3.8) is 0 Å². The quantitative estimate of drug-likeness (QED) is 0.771. The summed E-state index contributed by atoms with van der Waals surface area (Å²) < 4.78 is 37.8. The fourth-order valence-corrected chi connectivity index (χ4v) is 1.69. The molecule has 1 aromatic heterocycles. The van der Waals surface area contributed by atoms with Crippen LogP contribution in [0.1, 0.15) is 24.3 Å². The Hall–Kier alpha value is -1.60. The van der Waals surface area contributed by atoms with Crippen LogP contribution in [0, 0.1) is 0 Å². The number of aromatic nitrogens is 2. The zero-order valence-electron chi connectivity index (χ0n) is 9.49. The van der Waals surface area contributed by atoms with E-state index in [0.29, 0.717) is 5.52 Å². The Morgan fingerprint density at radius 2 is 2.06 bits per heavy atom. The molecule has 7 heteroatoms. The fourth-order valence-electron chi connectivity index (χ4n) is 1.69. The molecule has 0 fully saturated rings. The topological polar surface area (TPSA) is 74.9 Å². The summed E-state index contributed by atoms with van der Waals surface area (Å²) in [4.78, 5) is 0. The number of alkyl halides is 3. The van der Waals surface area contributed by atoms with Gasteiger partial charge < -0.3 is 10.8 Å². The number of H-pyrrole nitrogens is 1. The number of aliphatic hydroxyl groups is 1. The number of fused-ring (bicyclic) bond motifs is 1. The van der Waals surface area contributed by atoms with Crippen LogP contribution in [-0.4, -0.2) is 21.3 Å². The summed E-state index contributed by atoms with van der Waals surface area (Å²) in [6, 6.07) is 2.56. The molecule has 18 heavy (non-hydrogen) atoms. The summed E-state index contributed by atoms with van der Waals surface area (Å²) in [5.41, 5.74) is 5.30. The molecular formula is C11H12F3N3O. The number of rotatable bonds is 2. The lowest BCUT2D eigenvalue weighted by Gasteiger charge is -2.13. The first-order valence-corrected chi connectivity index (χ1v) is 5.29. The number of hydrogen-bond donors (Lipinski definition) is 3. The monoisotopic (exact) mass is 259 g/mol. The first-order valence-electron chi connectivity index (χ1n) is 5.29. The highest BCUT2D eigenvalue weighted by atomic mass is 19.4. The van der Waals surface area contributed by atoms with Crippen molar-refractivity contribution in [2.24, 2.45) is 5.73 Å². The van der Waals surface area contributed by atoms with Gasteiger partial charge in [-0.2, -0.15) is 18.3 Å². The van der Waals surface area contributed by atoms with Crippen LogP contribution in [0.25, 0.3) is 10.9 Å². The minimum absolute atomic E-state index is 0.200. The normalized spacial score (nSPS) is 15.9.